The standard InChI is InChI=1S/C17H21NO4/c1-3-20-17(19)16-11(2)15-13(5-4-6-14(15)22-16)21-12-7-9-18-10-8-12/h4-6,12,18H,3,7-10H2,1-2H3. The van der Waals surface area contributed by atoms with Gasteiger partial charge in [-0.25, -0.2) is 4.79 Å². The van der Waals surface area contributed by atoms with E-state index in [0.717, 1.165) is 42.6 Å². The summed E-state index contributed by atoms with van der Waals surface area (Å²) in [5.41, 5.74) is 1.44. The lowest BCUT2D eigenvalue weighted by molar-refractivity contribution is 0.0491. The zero-order valence-corrected chi connectivity index (χ0v) is 13.0. The predicted octanol–water partition coefficient (Wildman–Crippen LogP) is 3.05. The Morgan fingerprint density at radius 2 is 2.14 bits per heavy atom. The van der Waals surface area contributed by atoms with Crippen LogP contribution in [0.25, 0.3) is 11.0 Å². The number of hydrogen-bond donors (Lipinski definition) is 1. The van der Waals surface area contributed by atoms with Crippen LogP contribution < -0.4 is 10.1 Å². The molecule has 3 rings (SSSR count). The van der Waals surface area contributed by atoms with Crippen molar-refractivity contribution in [3.8, 4) is 5.75 Å². The van der Waals surface area contributed by atoms with E-state index in [1.807, 2.05) is 25.1 Å². The Morgan fingerprint density at radius 1 is 1.36 bits per heavy atom. The average molecular weight is 303 g/mol. The number of benzene rings is 1. The third kappa shape index (κ3) is 2.81. The van der Waals surface area contributed by atoms with Crippen LogP contribution in [0.3, 0.4) is 0 Å². The molecule has 0 amide bonds. The quantitative estimate of drug-likeness (QED) is 0.880. The van der Waals surface area contributed by atoms with Crippen molar-refractivity contribution in [2.45, 2.75) is 32.8 Å². The number of esters is 1. The van der Waals surface area contributed by atoms with Crippen LogP contribution in [-0.4, -0.2) is 31.8 Å². The number of piperidine rings is 1. The van der Waals surface area contributed by atoms with Gasteiger partial charge in [0.2, 0.25) is 5.76 Å². The summed E-state index contributed by atoms with van der Waals surface area (Å²) < 4.78 is 16.9. The minimum atomic E-state index is -0.427. The number of fused-ring (bicyclic) bond motifs is 1. The number of hydrogen-bond acceptors (Lipinski definition) is 5. The fraction of sp³-hybridized carbons (Fsp3) is 0.471. The molecular formula is C17H21NO4. The zero-order valence-electron chi connectivity index (χ0n) is 13.0. The second-order valence-electron chi connectivity index (χ2n) is 5.47. The van der Waals surface area contributed by atoms with Crippen molar-refractivity contribution >= 4 is 16.9 Å². The number of nitrogens with one attached hydrogen (secondary N) is 1. The minimum absolute atomic E-state index is 0.201. The second kappa shape index (κ2) is 6.40. The van der Waals surface area contributed by atoms with Gasteiger partial charge in [0.1, 0.15) is 17.4 Å². The molecule has 1 aromatic heterocycles. The van der Waals surface area contributed by atoms with Crippen LogP contribution in [0.5, 0.6) is 5.75 Å². The zero-order chi connectivity index (χ0) is 15.5. The van der Waals surface area contributed by atoms with Crippen molar-refractivity contribution in [2.75, 3.05) is 19.7 Å². The SMILES string of the molecule is CCOC(=O)c1oc2cccc(OC3CCNCC3)c2c1C. The van der Waals surface area contributed by atoms with Crippen molar-refractivity contribution in [3.05, 3.63) is 29.5 Å². The molecule has 5 heteroatoms. The van der Waals surface area contributed by atoms with E-state index in [9.17, 15) is 4.79 Å². The van der Waals surface area contributed by atoms with E-state index in [0.29, 0.717) is 12.2 Å². The van der Waals surface area contributed by atoms with Gasteiger partial charge in [0.15, 0.2) is 0 Å². The molecule has 0 saturated carbocycles. The maximum Gasteiger partial charge on any atom is 0.374 e. The highest BCUT2D eigenvalue weighted by atomic mass is 16.5. The van der Waals surface area contributed by atoms with Gasteiger partial charge in [-0.1, -0.05) is 6.07 Å². The molecule has 1 aliphatic rings. The average Bonchev–Trinajstić information content (AvgIpc) is 2.87. The number of aryl methyl sites for hydroxylation is 1. The van der Waals surface area contributed by atoms with Gasteiger partial charge >= 0.3 is 5.97 Å². The van der Waals surface area contributed by atoms with Crippen LogP contribution in [0.15, 0.2) is 22.6 Å². The Kier molecular flexibility index (Phi) is 4.34. The summed E-state index contributed by atoms with van der Waals surface area (Å²) in [6.07, 6.45) is 2.17. The Morgan fingerprint density at radius 3 is 2.86 bits per heavy atom. The summed E-state index contributed by atoms with van der Waals surface area (Å²) >= 11 is 0. The van der Waals surface area contributed by atoms with Crippen molar-refractivity contribution in [1.29, 1.82) is 0 Å². The van der Waals surface area contributed by atoms with Crippen LogP contribution >= 0.6 is 0 Å². The maximum absolute atomic E-state index is 12.0. The van der Waals surface area contributed by atoms with Crippen LogP contribution in [-0.2, 0) is 4.74 Å². The first-order valence-corrected chi connectivity index (χ1v) is 7.77. The lowest BCUT2D eigenvalue weighted by Gasteiger charge is -2.24. The molecule has 1 aliphatic heterocycles. The van der Waals surface area contributed by atoms with E-state index < -0.39 is 5.97 Å². The molecule has 2 heterocycles. The first-order valence-electron chi connectivity index (χ1n) is 7.77. The number of carbonyl (C=O) groups excluding carboxylic acids is 1. The molecule has 118 valence electrons. The highest BCUT2D eigenvalue weighted by Gasteiger charge is 2.23. The smallest absolute Gasteiger partial charge is 0.374 e. The molecule has 1 fully saturated rings. The third-order valence-electron chi connectivity index (χ3n) is 3.96. The van der Waals surface area contributed by atoms with Crippen molar-refractivity contribution in [3.63, 3.8) is 0 Å². The van der Waals surface area contributed by atoms with Crippen LogP contribution in [0.2, 0.25) is 0 Å². The fourth-order valence-corrected chi connectivity index (χ4v) is 2.85. The molecule has 0 atom stereocenters. The molecular weight excluding hydrogens is 282 g/mol. The first-order chi connectivity index (χ1) is 10.7. The summed E-state index contributed by atoms with van der Waals surface area (Å²) in [5.74, 6) is 0.614. The topological polar surface area (TPSA) is 60.7 Å². The fourth-order valence-electron chi connectivity index (χ4n) is 2.85. The van der Waals surface area contributed by atoms with Gasteiger partial charge in [-0.15, -0.1) is 0 Å². The molecule has 0 aliphatic carbocycles. The van der Waals surface area contributed by atoms with E-state index in [2.05, 4.69) is 5.32 Å². The van der Waals surface area contributed by atoms with E-state index in [4.69, 9.17) is 13.9 Å². The first kappa shape index (κ1) is 14.9. The van der Waals surface area contributed by atoms with E-state index >= 15 is 0 Å². The molecule has 0 bridgehead atoms. The highest BCUT2D eigenvalue weighted by molar-refractivity contribution is 5.98. The molecule has 0 spiro atoms. The minimum Gasteiger partial charge on any atom is -0.490 e. The molecule has 1 aromatic carbocycles. The Bertz CT molecular complexity index is 671. The van der Waals surface area contributed by atoms with Gasteiger partial charge in [0.05, 0.1) is 12.0 Å². The van der Waals surface area contributed by atoms with Crippen LogP contribution in [0, 0.1) is 6.92 Å². The molecule has 1 saturated heterocycles. The lowest BCUT2D eigenvalue weighted by atomic mass is 10.1. The van der Waals surface area contributed by atoms with Gasteiger partial charge < -0.3 is 19.2 Å². The number of furan rings is 1. The summed E-state index contributed by atoms with van der Waals surface area (Å²) in [4.78, 5) is 12.0. The molecule has 0 unspecified atom stereocenters. The van der Waals surface area contributed by atoms with Crippen LogP contribution in [0.4, 0.5) is 0 Å². The number of rotatable bonds is 4. The van der Waals surface area contributed by atoms with Gasteiger partial charge in [0.25, 0.3) is 0 Å². The third-order valence-corrected chi connectivity index (χ3v) is 3.96. The number of carbonyl (C=O) groups is 1. The van der Waals surface area contributed by atoms with Gasteiger partial charge in [-0.05, 0) is 51.9 Å². The summed E-state index contributed by atoms with van der Waals surface area (Å²) in [7, 11) is 0. The summed E-state index contributed by atoms with van der Waals surface area (Å²) in [6.45, 7) is 5.92. The summed E-state index contributed by atoms with van der Waals surface area (Å²) in [5, 5.41) is 4.19. The largest absolute Gasteiger partial charge is 0.490 e. The number of ether oxygens (including phenoxy) is 2. The monoisotopic (exact) mass is 303 g/mol. The Balaban J connectivity index is 1.95. The second-order valence-corrected chi connectivity index (χ2v) is 5.47. The van der Waals surface area contributed by atoms with Crippen molar-refractivity contribution in [1.82, 2.24) is 5.32 Å². The molecule has 0 radical (unpaired) electrons. The molecule has 5 nitrogen and oxygen atoms in total. The van der Waals surface area contributed by atoms with Gasteiger partial charge in [-0.2, -0.15) is 0 Å². The summed E-state index contributed by atoms with van der Waals surface area (Å²) in [6, 6.07) is 5.67. The normalized spacial score (nSPS) is 15.9. The van der Waals surface area contributed by atoms with Gasteiger partial charge in [0, 0.05) is 5.56 Å². The molecule has 2 aromatic rings. The van der Waals surface area contributed by atoms with Crippen LogP contribution in [0.1, 0.15) is 35.9 Å². The van der Waals surface area contributed by atoms with E-state index in [-0.39, 0.29) is 11.9 Å². The highest BCUT2D eigenvalue weighted by Crippen LogP contribution is 2.34. The van der Waals surface area contributed by atoms with E-state index in [1.165, 1.54) is 0 Å². The molecule has 22 heavy (non-hydrogen) atoms. The Hall–Kier alpha value is -2.01. The van der Waals surface area contributed by atoms with Crippen molar-refractivity contribution < 1.29 is 18.7 Å². The van der Waals surface area contributed by atoms with Gasteiger partial charge in [-0.3, -0.25) is 0 Å². The Labute approximate surface area is 129 Å². The van der Waals surface area contributed by atoms with E-state index in [1.54, 1.807) is 6.92 Å². The predicted molar refractivity (Wildman–Crippen MR) is 83.4 cm³/mol. The lowest BCUT2D eigenvalue weighted by Crippen LogP contribution is -2.34. The van der Waals surface area contributed by atoms with Crippen molar-refractivity contribution in [2.24, 2.45) is 0 Å². The molecule has 1 N–H and O–H groups in total. The maximum atomic E-state index is 12.0.